The van der Waals surface area contributed by atoms with Gasteiger partial charge in [-0.05, 0) is 31.7 Å². The van der Waals surface area contributed by atoms with Crippen LogP contribution in [0.3, 0.4) is 0 Å². The molecule has 0 aliphatic heterocycles. The smallest absolute Gasteiger partial charge is 0.164 e. The minimum Gasteiger partial charge on any atom is -0.331 e. The van der Waals surface area contributed by atoms with E-state index in [-0.39, 0.29) is 5.78 Å². The van der Waals surface area contributed by atoms with Crippen LogP contribution in [0.4, 0.5) is 0 Å². The molecule has 0 saturated heterocycles. The summed E-state index contributed by atoms with van der Waals surface area (Å²) in [6.07, 6.45) is 0.386. The maximum absolute atomic E-state index is 11.7. The van der Waals surface area contributed by atoms with E-state index in [1.165, 1.54) is 0 Å². The van der Waals surface area contributed by atoms with Crippen LogP contribution in [-0.4, -0.2) is 21.9 Å². The number of nitrogens with two attached hydrogens (primary N) is 1. The molecule has 0 saturated carbocycles. The number of aromatic nitrogens is 2. The summed E-state index contributed by atoms with van der Waals surface area (Å²) in [5.41, 5.74) is 7.96. The van der Waals surface area contributed by atoms with Gasteiger partial charge < -0.3 is 10.3 Å². The van der Waals surface area contributed by atoms with Crippen LogP contribution in [-0.2, 0) is 7.05 Å². The Balaban J connectivity index is 2.48. The number of nitrogens with zero attached hydrogens (tertiary/aromatic N) is 2. The number of carbonyl (C=O) groups excluding carboxylic acids is 1. The fraction of sp³-hybridized carbons (Fsp3) is 0.333. The number of fused-ring (bicyclic) bond motifs is 1. The van der Waals surface area contributed by atoms with E-state index >= 15 is 0 Å². The van der Waals surface area contributed by atoms with E-state index in [4.69, 9.17) is 5.73 Å². The van der Waals surface area contributed by atoms with E-state index in [2.05, 4.69) is 4.98 Å². The number of benzene rings is 1. The Labute approximate surface area is 94.1 Å². The molecule has 2 aromatic rings. The molecule has 2 rings (SSSR count). The summed E-state index contributed by atoms with van der Waals surface area (Å²) >= 11 is 0. The molecule has 84 valence electrons. The lowest BCUT2D eigenvalue weighted by molar-refractivity contribution is 0.0985. The fourth-order valence-electron chi connectivity index (χ4n) is 1.77. The van der Waals surface area contributed by atoms with Gasteiger partial charge in [0.2, 0.25) is 0 Å². The summed E-state index contributed by atoms with van der Waals surface area (Å²) in [5, 5.41) is 0. The van der Waals surface area contributed by atoms with Crippen LogP contribution < -0.4 is 5.73 Å². The monoisotopic (exact) mass is 217 g/mol. The Hall–Kier alpha value is -1.68. The van der Waals surface area contributed by atoms with Gasteiger partial charge in [-0.1, -0.05) is 0 Å². The summed E-state index contributed by atoms with van der Waals surface area (Å²) in [7, 11) is 1.96. The first-order chi connectivity index (χ1) is 7.63. The summed E-state index contributed by atoms with van der Waals surface area (Å²) in [6.45, 7) is 2.33. The van der Waals surface area contributed by atoms with E-state index in [0.29, 0.717) is 18.5 Å². The molecular weight excluding hydrogens is 202 g/mol. The van der Waals surface area contributed by atoms with Gasteiger partial charge >= 0.3 is 0 Å². The predicted octanol–water partition coefficient (Wildman–Crippen LogP) is 1.41. The van der Waals surface area contributed by atoms with Crippen molar-refractivity contribution in [3.8, 4) is 0 Å². The highest BCUT2D eigenvalue weighted by atomic mass is 16.1. The average molecular weight is 217 g/mol. The van der Waals surface area contributed by atoms with Gasteiger partial charge in [-0.3, -0.25) is 4.79 Å². The van der Waals surface area contributed by atoms with Gasteiger partial charge in [0.05, 0.1) is 11.0 Å². The van der Waals surface area contributed by atoms with Crippen molar-refractivity contribution in [1.29, 1.82) is 0 Å². The van der Waals surface area contributed by atoms with Crippen LogP contribution in [0.1, 0.15) is 22.6 Å². The molecule has 1 aromatic carbocycles. The van der Waals surface area contributed by atoms with Crippen molar-refractivity contribution in [1.82, 2.24) is 9.55 Å². The van der Waals surface area contributed by atoms with E-state index in [0.717, 1.165) is 16.9 Å². The number of imidazole rings is 1. The number of rotatable bonds is 3. The first kappa shape index (κ1) is 10.8. The van der Waals surface area contributed by atoms with E-state index in [9.17, 15) is 4.79 Å². The van der Waals surface area contributed by atoms with Gasteiger partial charge in [-0.15, -0.1) is 0 Å². The third-order valence-electron chi connectivity index (χ3n) is 2.80. The van der Waals surface area contributed by atoms with Crippen molar-refractivity contribution in [2.45, 2.75) is 13.3 Å². The average Bonchev–Trinajstić information content (AvgIpc) is 2.55. The zero-order valence-electron chi connectivity index (χ0n) is 9.53. The molecule has 0 unspecified atom stereocenters. The maximum Gasteiger partial charge on any atom is 0.164 e. The van der Waals surface area contributed by atoms with Crippen LogP contribution in [0.25, 0.3) is 11.0 Å². The number of ketones is 1. The highest BCUT2D eigenvalue weighted by molar-refractivity contribution is 5.99. The zero-order chi connectivity index (χ0) is 11.7. The number of Topliss-reactive ketones (excluding diaryl/α,β-unsaturated/α-hetero) is 1. The third-order valence-corrected chi connectivity index (χ3v) is 2.80. The summed E-state index contributed by atoms with van der Waals surface area (Å²) in [6, 6.07) is 5.60. The van der Waals surface area contributed by atoms with Crippen molar-refractivity contribution in [2.75, 3.05) is 6.54 Å². The molecule has 2 N–H and O–H groups in total. The van der Waals surface area contributed by atoms with Gasteiger partial charge in [0.15, 0.2) is 5.78 Å². The first-order valence-electron chi connectivity index (χ1n) is 5.30. The zero-order valence-corrected chi connectivity index (χ0v) is 9.53. The van der Waals surface area contributed by atoms with Gasteiger partial charge in [0, 0.05) is 19.0 Å². The molecule has 1 aromatic heterocycles. The molecule has 0 aliphatic rings. The Kier molecular flexibility index (Phi) is 2.75. The SMILES string of the molecule is Cc1nc2cc(C(=O)CCN)ccc2n1C. The normalized spacial score (nSPS) is 10.9. The van der Waals surface area contributed by atoms with Crippen LogP contribution in [0, 0.1) is 6.92 Å². The fourth-order valence-corrected chi connectivity index (χ4v) is 1.77. The van der Waals surface area contributed by atoms with Crippen molar-refractivity contribution >= 4 is 16.8 Å². The minimum atomic E-state index is 0.0766. The maximum atomic E-state index is 11.7. The molecule has 4 nitrogen and oxygen atoms in total. The molecular formula is C12H15N3O. The van der Waals surface area contributed by atoms with Gasteiger partial charge in [-0.2, -0.15) is 0 Å². The van der Waals surface area contributed by atoms with E-state index < -0.39 is 0 Å². The van der Waals surface area contributed by atoms with Crippen LogP contribution in [0.15, 0.2) is 18.2 Å². The number of hydrogen-bond donors (Lipinski definition) is 1. The molecule has 0 fully saturated rings. The molecule has 1 heterocycles. The van der Waals surface area contributed by atoms with Gasteiger partial charge in [-0.25, -0.2) is 4.98 Å². The van der Waals surface area contributed by atoms with Crippen LogP contribution >= 0.6 is 0 Å². The Bertz CT molecular complexity index is 542. The van der Waals surface area contributed by atoms with Crippen molar-refractivity contribution in [2.24, 2.45) is 12.8 Å². The lowest BCUT2D eigenvalue weighted by Gasteiger charge is -2.00. The summed E-state index contributed by atoms with van der Waals surface area (Å²) < 4.78 is 2.01. The molecule has 0 amide bonds. The van der Waals surface area contributed by atoms with Gasteiger partial charge in [0.25, 0.3) is 0 Å². The standard InChI is InChI=1S/C12H15N3O/c1-8-14-10-7-9(12(16)5-6-13)3-4-11(10)15(8)2/h3-4,7H,5-6,13H2,1-2H3. The Morgan fingerprint density at radius 2 is 2.25 bits per heavy atom. The van der Waals surface area contributed by atoms with Crippen LogP contribution in [0.5, 0.6) is 0 Å². The van der Waals surface area contributed by atoms with Crippen molar-refractivity contribution < 1.29 is 4.79 Å². The third kappa shape index (κ3) is 1.72. The van der Waals surface area contributed by atoms with Crippen molar-refractivity contribution in [3.05, 3.63) is 29.6 Å². The second-order valence-electron chi connectivity index (χ2n) is 3.88. The molecule has 0 radical (unpaired) electrons. The first-order valence-corrected chi connectivity index (χ1v) is 5.30. The Morgan fingerprint density at radius 3 is 2.94 bits per heavy atom. The van der Waals surface area contributed by atoms with Crippen LogP contribution in [0.2, 0.25) is 0 Å². The molecule has 0 atom stereocenters. The number of carbonyl (C=O) groups is 1. The largest absolute Gasteiger partial charge is 0.331 e. The number of aryl methyl sites for hydroxylation is 2. The molecule has 4 heteroatoms. The molecule has 0 spiro atoms. The van der Waals surface area contributed by atoms with Crippen molar-refractivity contribution in [3.63, 3.8) is 0 Å². The molecule has 0 bridgehead atoms. The van der Waals surface area contributed by atoms with E-state index in [1.807, 2.05) is 36.7 Å². The summed E-state index contributed by atoms with van der Waals surface area (Å²) in [5.74, 6) is 1.02. The minimum absolute atomic E-state index is 0.0766. The lowest BCUT2D eigenvalue weighted by atomic mass is 10.1. The van der Waals surface area contributed by atoms with E-state index in [1.54, 1.807) is 0 Å². The second-order valence-corrected chi connectivity index (χ2v) is 3.88. The predicted molar refractivity (Wildman–Crippen MR) is 63.5 cm³/mol. The lowest BCUT2D eigenvalue weighted by Crippen LogP contribution is -2.07. The second kappa shape index (κ2) is 4.06. The topological polar surface area (TPSA) is 60.9 Å². The molecule has 16 heavy (non-hydrogen) atoms. The highest BCUT2D eigenvalue weighted by Crippen LogP contribution is 2.17. The highest BCUT2D eigenvalue weighted by Gasteiger charge is 2.09. The summed E-state index contributed by atoms with van der Waals surface area (Å²) in [4.78, 5) is 16.1. The quantitative estimate of drug-likeness (QED) is 0.791. The van der Waals surface area contributed by atoms with Gasteiger partial charge in [0.1, 0.15) is 5.82 Å². The Morgan fingerprint density at radius 1 is 1.50 bits per heavy atom. The molecule has 0 aliphatic carbocycles. The number of hydrogen-bond acceptors (Lipinski definition) is 3.